The smallest absolute Gasteiger partial charge is 0.232 e. The Labute approximate surface area is 140 Å². The van der Waals surface area contributed by atoms with Crippen molar-refractivity contribution in [2.45, 2.75) is 45.4 Å². The summed E-state index contributed by atoms with van der Waals surface area (Å²) in [4.78, 5) is 25.5. The molecule has 3 atom stereocenters. The van der Waals surface area contributed by atoms with Crippen molar-refractivity contribution in [3.63, 3.8) is 0 Å². The molecule has 3 rings (SSSR count). The summed E-state index contributed by atoms with van der Waals surface area (Å²) >= 11 is 3.55. The van der Waals surface area contributed by atoms with Gasteiger partial charge in [0.2, 0.25) is 5.91 Å². The molecule has 2 bridgehead atoms. The zero-order valence-electron chi connectivity index (χ0n) is 13.5. The molecule has 118 valence electrons. The van der Waals surface area contributed by atoms with Crippen LogP contribution in [0, 0.1) is 23.2 Å². The molecule has 2 fully saturated rings. The number of rotatable bonds is 2. The second-order valence-corrected chi connectivity index (χ2v) is 8.34. The van der Waals surface area contributed by atoms with E-state index in [-0.39, 0.29) is 17.1 Å². The van der Waals surface area contributed by atoms with E-state index in [9.17, 15) is 9.59 Å². The van der Waals surface area contributed by atoms with Gasteiger partial charge in [-0.1, -0.05) is 54.9 Å². The largest absolute Gasteiger partial charge is 0.325 e. The number of anilines is 1. The van der Waals surface area contributed by atoms with Gasteiger partial charge < -0.3 is 5.32 Å². The molecule has 1 amide bonds. The van der Waals surface area contributed by atoms with Crippen LogP contribution in [0.15, 0.2) is 24.3 Å². The van der Waals surface area contributed by atoms with Crippen molar-refractivity contribution >= 4 is 33.3 Å². The van der Waals surface area contributed by atoms with Crippen molar-refractivity contribution in [3.05, 3.63) is 29.8 Å². The molecular formula is C18H22BrNO2. The van der Waals surface area contributed by atoms with Gasteiger partial charge in [0.1, 0.15) is 0 Å². The van der Waals surface area contributed by atoms with E-state index in [4.69, 9.17) is 0 Å². The number of fused-ring (bicyclic) bond motifs is 2. The Morgan fingerprint density at radius 2 is 1.86 bits per heavy atom. The average molecular weight is 364 g/mol. The normalized spacial score (nSPS) is 35.7. The van der Waals surface area contributed by atoms with E-state index in [2.05, 4.69) is 35.1 Å². The summed E-state index contributed by atoms with van der Waals surface area (Å²) in [5.41, 5.74) is 0.384. The number of benzene rings is 1. The second kappa shape index (κ2) is 4.67. The van der Waals surface area contributed by atoms with Crippen LogP contribution in [0.5, 0.6) is 0 Å². The summed E-state index contributed by atoms with van der Waals surface area (Å²) in [6.07, 6.45) is 1.53. The molecule has 0 radical (unpaired) electrons. The minimum absolute atomic E-state index is 0.0387. The molecule has 2 saturated carbocycles. The molecule has 4 heteroatoms. The van der Waals surface area contributed by atoms with E-state index < -0.39 is 15.7 Å². The maximum Gasteiger partial charge on any atom is 0.232 e. The molecule has 22 heavy (non-hydrogen) atoms. The van der Waals surface area contributed by atoms with Gasteiger partial charge in [-0.05, 0) is 36.8 Å². The van der Waals surface area contributed by atoms with Gasteiger partial charge in [-0.2, -0.15) is 0 Å². The summed E-state index contributed by atoms with van der Waals surface area (Å²) < 4.78 is 0. The molecule has 1 aromatic rings. The highest BCUT2D eigenvalue weighted by Gasteiger charge is 2.76. The van der Waals surface area contributed by atoms with Crippen LogP contribution >= 0.6 is 15.9 Å². The first-order valence-corrected chi connectivity index (χ1v) is 8.65. The number of ketones is 1. The van der Waals surface area contributed by atoms with Crippen LogP contribution in [0.25, 0.3) is 0 Å². The summed E-state index contributed by atoms with van der Waals surface area (Å²) in [5.74, 6) is 0.131. The maximum atomic E-state index is 13.2. The molecular weight excluding hydrogens is 342 g/mol. The molecule has 0 unspecified atom stereocenters. The number of alkyl halides is 1. The average Bonchev–Trinajstić information content (AvgIpc) is 2.74. The number of carbonyl (C=O) groups excluding carboxylic acids is 2. The number of amides is 1. The quantitative estimate of drug-likeness (QED) is 0.804. The van der Waals surface area contributed by atoms with Gasteiger partial charge >= 0.3 is 0 Å². The van der Waals surface area contributed by atoms with Crippen LogP contribution in [-0.4, -0.2) is 16.5 Å². The molecule has 0 heterocycles. The van der Waals surface area contributed by atoms with Crippen LogP contribution in [0.1, 0.15) is 39.2 Å². The van der Waals surface area contributed by atoms with E-state index in [1.807, 2.05) is 38.1 Å². The zero-order chi connectivity index (χ0) is 16.3. The van der Waals surface area contributed by atoms with Gasteiger partial charge in [0, 0.05) is 11.1 Å². The first-order valence-electron chi connectivity index (χ1n) is 7.74. The standard InChI is InChI=1S/C18H22BrNO2/c1-11-7-5-6-8-12(11)20-15(22)18-10-9-17(4,16(18,2)3)14(21)13(18)19/h5-8,13H,9-10H2,1-4H3,(H,20,22)/t13-,17+,18-/m1/s1. The lowest BCUT2D eigenvalue weighted by atomic mass is 9.64. The van der Waals surface area contributed by atoms with Crippen LogP contribution in [0.3, 0.4) is 0 Å². The lowest BCUT2D eigenvalue weighted by Gasteiger charge is -2.39. The van der Waals surface area contributed by atoms with Crippen molar-refractivity contribution in [3.8, 4) is 0 Å². The third kappa shape index (κ3) is 1.62. The van der Waals surface area contributed by atoms with Crippen molar-refractivity contribution in [2.75, 3.05) is 5.32 Å². The Kier molecular flexibility index (Phi) is 3.34. The predicted octanol–water partition coefficient (Wildman–Crippen LogP) is 4.09. The lowest BCUT2D eigenvalue weighted by Crippen LogP contribution is -2.48. The van der Waals surface area contributed by atoms with Gasteiger partial charge in [-0.15, -0.1) is 0 Å². The number of aryl methyl sites for hydroxylation is 1. The van der Waals surface area contributed by atoms with Crippen molar-refractivity contribution in [1.29, 1.82) is 0 Å². The minimum Gasteiger partial charge on any atom is -0.325 e. The van der Waals surface area contributed by atoms with Crippen molar-refractivity contribution in [2.24, 2.45) is 16.2 Å². The maximum absolute atomic E-state index is 13.2. The van der Waals surface area contributed by atoms with Crippen LogP contribution in [0.2, 0.25) is 0 Å². The minimum atomic E-state index is -0.679. The van der Waals surface area contributed by atoms with Gasteiger partial charge in [-0.3, -0.25) is 9.59 Å². The predicted molar refractivity (Wildman–Crippen MR) is 91.1 cm³/mol. The fraction of sp³-hybridized carbons (Fsp3) is 0.556. The zero-order valence-corrected chi connectivity index (χ0v) is 15.1. The Balaban J connectivity index is 2.02. The third-order valence-corrected chi connectivity index (χ3v) is 7.72. The van der Waals surface area contributed by atoms with Crippen molar-refractivity contribution < 1.29 is 9.59 Å². The van der Waals surface area contributed by atoms with Crippen LogP contribution in [0.4, 0.5) is 5.69 Å². The molecule has 0 spiro atoms. The van der Waals surface area contributed by atoms with E-state index in [0.717, 1.165) is 24.1 Å². The molecule has 1 N–H and O–H groups in total. The first kappa shape index (κ1) is 15.7. The lowest BCUT2D eigenvalue weighted by molar-refractivity contribution is -0.130. The SMILES string of the molecule is Cc1ccccc1NC(=O)[C@@]12CC[C@@](C)(C(=O)[C@H]1Br)C2(C)C. The molecule has 2 aliphatic rings. The van der Waals surface area contributed by atoms with E-state index in [1.54, 1.807) is 0 Å². The number of carbonyl (C=O) groups is 2. The number of hydrogen-bond donors (Lipinski definition) is 1. The Morgan fingerprint density at radius 1 is 1.23 bits per heavy atom. The van der Waals surface area contributed by atoms with E-state index >= 15 is 0 Å². The fourth-order valence-corrected chi connectivity index (χ4v) is 5.92. The first-order chi connectivity index (χ1) is 10.2. The summed E-state index contributed by atoms with van der Waals surface area (Å²) in [6, 6.07) is 7.75. The molecule has 2 aliphatic carbocycles. The summed E-state index contributed by atoms with van der Waals surface area (Å²) in [6.45, 7) is 8.12. The number of halogens is 1. The summed E-state index contributed by atoms with van der Waals surface area (Å²) in [7, 11) is 0. The highest BCUT2D eigenvalue weighted by molar-refractivity contribution is 9.10. The third-order valence-electron chi connectivity index (χ3n) is 6.52. The Hall–Kier alpha value is -1.16. The molecule has 0 aromatic heterocycles. The number of hydrogen-bond acceptors (Lipinski definition) is 2. The summed E-state index contributed by atoms with van der Waals surface area (Å²) in [5, 5.41) is 3.07. The van der Waals surface area contributed by atoms with E-state index in [0.29, 0.717) is 0 Å². The highest BCUT2D eigenvalue weighted by Crippen LogP contribution is 2.72. The molecule has 3 nitrogen and oxygen atoms in total. The molecule has 0 saturated heterocycles. The number of para-hydroxylation sites is 1. The topological polar surface area (TPSA) is 46.2 Å². The highest BCUT2D eigenvalue weighted by atomic mass is 79.9. The number of Topliss-reactive ketones (excluding diaryl/α,β-unsaturated/α-hetero) is 1. The van der Waals surface area contributed by atoms with Gasteiger partial charge in [0.25, 0.3) is 0 Å². The molecule has 0 aliphatic heterocycles. The fourth-order valence-electron chi connectivity index (χ4n) is 4.40. The second-order valence-electron chi connectivity index (χ2n) is 7.42. The van der Waals surface area contributed by atoms with Crippen molar-refractivity contribution in [1.82, 2.24) is 0 Å². The monoisotopic (exact) mass is 363 g/mol. The molecule has 1 aromatic carbocycles. The number of nitrogens with one attached hydrogen (secondary N) is 1. The van der Waals surface area contributed by atoms with Gasteiger partial charge in [-0.25, -0.2) is 0 Å². The van der Waals surface area contributed by atoms with Crippen LogP contribution < -0.4 is 5.32 Å². The van der Waals surface area contributed by atoms with Gasteiger partial charge in [0.15, 0.2) is 5.78 Å². The van der Waals surface area contributed by atoms with Crippen LogP contribution in [-0.2, 0) is 9.59 Å². The Bertz CT molecular complexity index is 669. The van der Waals surface area contributed by atoms with E-state index in [1.165, 1.54) is 0 Å². The van der Waals surface area contributed by atoms with Gasteiger partial charge in [0.05, 0.1) is 10.2 Å². The Morgan fingerprint density at radius 3 is 2.41 bits per heavy atom.